The molecule has 10 nitrogen and oxygen atoms in total. The van der Waals surface area contributed by atoms with Crippen LogP contribution >= 0.6 is 11.3 Å². The number of carbonyl (C=O) groups excluding carboxylic acids is 2. The third-order valence-corrected chi connectivity index (χ3v) is 8.03. The molecule has 3 aromatic rings. The van der Waals surface area contributed by atoms with Gasteiger partial charge >= 0.3 is 5.97 Å². The molecule has 0 fully saturated rings. The first-order chi connectivity index (χ1) is 15.5. The number of ether oxygens (including phenoxy) is 1. The molecule has 0 bridgehead atoms. The lowest BCUT2D eigenvalue weighted by Crippen LogP contribution is -2.22. The van der Waals surface area contributed by atoms with Crippen molar-refractivity contribution in [1.29, 1.82) is 0 Å². The molecular formula is C20H21N3O7S3. The highest BCUT2D eigenvalue weighted by atomic mass is 32.2. The Morgan fingerprint density at radius 2 is 1.76 bits per heavy atom. The van der Waals surface area contributed by atoms with Crippen LogP contribution in [0.1, 0.15) is 13.3 Å². The van der Waals surface area contributed by atoms with E-state index in [0.29, 0.717) is 10.2 Å². The summed E-state index contributed by atoms with van der Waals surface area (Å²) in [7, 11) is -7.86. The number of fused-ring (bicyclic) bond motifs is 1. The van der Waals surface area contributed by atoms with Crippen molar-refractivity contribution in [2.45, 2.75) is 29.7 Å². The standard InChI is InChI=1S/C20H21N3O7S3/c1-2-30-19(25)10-11-23-16-9-8-15(33(21,28)29)12-17(16)31-20(23)22-18(24)13-32(26,27)14-6-4-3-5-7-14/h3-9,12H,2,10-11,13H2,1H3,(H2,21,28,29). The molecule has 0 saturated carbocycles. The van der Waals surface area contributed by atoms with E-state index in [1.807, 2.05) is 0 Å². The minimum atomic E-state index is -3.96. The molecule has 0 spiro atoms. The number of carbonyl (C=O) groups is 2. The van der Waals surface area contributed by atoms with Crippen LogP contribution in [0.5, 0.6) is 0 Å². The van der Waals surface area contributed by atoms with Gasteiger partial charge in [0, 0.05) is 6.54 Å². The Bertz CT molecular complexity index is 1470. The van der Waals surface area contributed by atoms with Crippen molar-refractivity contribution < 1.29 is 31.2 Å². The number of sulfone groups is 1. The first-order valence-corrected chi connectivity index (χ1v) is 13.7. The van der Waals surface area contributed by atoms with Crippen molar-refractivity contribution in [1.82, 2.24) is 4.57 Å². The minimum Gasteiger partial charge on any atom is -0.466 e. The van der Waals surface area contributed by atoms with Gasteiger partial charge in [-0.15, -0.1) is 0 Å². The van der Waals surface area contributed by atoms with Gasteiger partial charge in [0.25, 0.3) is 5.91 Å². The van der Waals surface area contributed by atoms with Crippen molar-refractivity contribution >= 4 is 53.3 Å². The number of primary sulfonamides is 1. The SMILES string of the molecule is CCOC(=O)CCn1c(=NC(=O)CS(=O)(=O)c2ccccc2)sc2cc(S(N)(=O)=O)ccc21. The minimum absolute atomic E-state index is 0.00197. The van der Waals surface area contributed by atoms with Gasteiger partial charge in [0.05, 0.1) is 33.0 Å². The topological polar surface area (TPSA) is 155 Å². The van der Waals surface area contributed by atoms with E-state index in [1.165, 1.54) is 34.9 Å². The van der Waals surface area contributed by atoms with Gasteiger partial charge in [-0.1, -0.05) is 29.5 Å². The smallest absolute Gasteiger partial charge is 0.307 e. The second-order valence-electron chi connectivity index (χ2n) is 6.84. The van der Waals surface area contributed by atoms with Gasteiger partial charge in [-0.25, -0.2) is 22.0 Å². The van der Waals surface area contributed by atoms with E-state index in [1.54, 1.807) is 25.1 Å². The molecule has 2 N–H and O–H groups in total. The molecule has 0 aliphatic rings. The number of hydrogen-bond acceptors (Lipinski definition) is 8. The number of sulfonamides is 1. The Morgan fingerprint density at radius 1 is 1.06 bits per heavy atom. The van der Waals surface area contributed by atoms with Gasteiger partial charge in [0.1, 0.15) is 5.75 Å². The number of rotatable bonds is 8. The van der Waals surface area contributed by atoms with Crippen LogP contribution < -0.4 is 9.94 Å². The summed E-state index contributed by atoms with van der Waals surface area (Å²) >= 11 is 0.978. The normalized spacial score (nSPS) is 12.7. The summed E-state index contributed by atoms with van der Waals surface area (Å²) in [5.74, 6) is -2.21. The summed E-state index contributed by atoms with van der Waals surface area (Å²) < 4.78 is 55.3. The molecule has 0 aliphatic carbocycles. The molecule has 1 heterocycles. The van der Waals surface area contributed by atoms with Gasteiger partial charge in [0.15, 0.2) is 14.6 Å². The molecule has 0 radical (unpaired) electrons. The fourth-order valence-electron chi connectivity index (χ4n) is 2.98. The maximum atomic E-state index is 12.5. The van der Waals surface area contributed by atoms with Crippen molar-refractivity contribution in [3.8, 4) is 0 Å². The Labute approximate surface area is 194 Å². The largest absolute Gasteiger partial charge is 0.466 e. The van der Waals surface area contributed by atoms with Crippen LogP contribution in [0.2, 0.25) is 0 Å². The lowest BCUT2D eigenvalue weighted by molar-refractivity contribution is -0.143. The molecule has 1 aromatic heterocycles. The van der Waals surface area contributed by atoms with E-state index in [4.69, 9.17) is 9.88 Å². The van der Waals surface area contributed by atoms with E-state index in [-0.39, 0.29) is 34.2 Å². The lowest BCUT2D eigenvalue weighted by atomic mass is 10.3. The number of hydrogen-bond donors (Lipinski definition) is 1. The van der Waals surface area contributed by atoms with Crippen molar-refractivity contribution in [2.24, 2.45) is 10.1 Å². The lowest BCUT2D eigenvalue weighted by Gasteiger charge is -2.06. The Hall–Kier alpha value is -2.87. The fraction of sp³-hybridized carbons (Fsp3) is 0.250. The molecular weight excluding hydrogens is 490 g/mol. The van der Waals surface area contributed by atoms with Gasteiger partial charge in [-0.3, -0.25) is 9.59 Å². The van der Waals surface area contributed by atoms with Crippen LogP contribution in [0.15, 0.2) is 63.3 Å². The number of aromatic nitrogens is 1. The predicted molar refractivity (Wildman–Crippen MR) is 122 cm³/mol. The number of benzene rings is 2. The maximum Gasteiger partial charge on any atom is 0.307 e. The molecule has 3 rings (SSSR count). The molecule has 0 unspecified atom stereocenters. The van der Waals surface area contributed by atoms with E-state index < -0.39 is 37.5 Å². The summed E-state index contributed by atoms with van der Waals surface area (Å²) in [6.07, 6.45) is -0.0275. The van der Waals surface area contributed by atoms with Crippen molar-refractivity contribution in [3.63, 3.8) is 0 Å². The van der Waals surface area contributed by atoms with Crippen LogP contribution in [0.3, 0.4) is 0 Å². The van der Waals surface area contributed by atoms with E-state index in [9.17, 15) is 26.4 Å². The van der Waals surface area contributed by atoms with Crippen LogP contribution in [-0.4, -0.2) is 45.6 Å². The Kier molecular flexibility index (Phi) is 7.47. The van der Waals surface area contributed by atoms with Crippen molar-refractivity contribution in [2.75, 3.05) is 12.4 Å². The average molecular weight is 512 g/mol. The van der Waals surface area contributed by atoms with E-state index in [0.717, 1.165) is 11.3 Å². The molecule has 0 aliphatic heterocycles. The highest BCUT2D eigenvalue weighted by molar-refractivity contribution is 7.92. The monoisotopic (exact) mass is 511 g/mol. The maximum absolute atomic E-state index is 12.5. The number of thiazole rings is 1. The van der Waals surface area contributed by atoms with Crippen LogP contribution in [0, 0.1) is 0 Å². The van der Waals surface area contributed by atoms with E-state index >= 15 is 0 Å². The zero-order valence-electron chi connectivity index (χ0n) is 17.5. The molecule has 176 valence electrons. The summed E-state index contributed by atoms with van der Waals surface area (Å²) in [6, 6.07) is 11.6. The molecule has 33 heavy (non-hydrogen) atoms. The Morgan fingerprint density at radius 3 is 2.39 bits per heavy atom. The molecule has 0 saturated heterocycles. The first-order valence-electron chi connectivity index (χ1n) is 9.68. The number of amides is 1. The summed E-state index contributed by atoms with van der Waals surface area (Å²) in [4.78, 5) is 28.3. The number of esters is 1. The van der Waals surface area contributed by atoms with Crippen LogP contribution in [0.4, 0.5) is 0 Å². The molecule has 13 heteroatoms. The average Bonchev–Trinajstić information content (AvgIpc) is 3.08. The summed E-state index contributed by atoms with van der Waals surface area (Å²) in [5, 5.41) is 5.19. The van der Waals surface area contributed by atoms with Gasteiger partial charge in [-0.05, 0) is 37.3 Å². The van der Waals surface area contributed by atoms with Gasteiger partial charge in [-0.2, -0.15) is 4.99 Å². The summed E-state index contributed by atoms with van der Waals surface area (Å²) in [5.41, 5.74) is 0.508. The third-order valence-electron chi connectivity index (χ3n) is 4.46. The fourth-order valence-corrected chi connectivity index (χ4v) is 5.84. The Balaban J connectivity index is 2.03. The zero-order chi connectivity index (χ0) is 24.2. The van der Waals surface area contributed by atoms with E-state index in [2.05, 4.69) is 4.99 Å². The highest BCUT2D eigenvalue weighted by Crippen LogP contribution is 2.22. The quantitative estimate of drug-likeness (QED) is 0.446. The third kappa shape index (κ3) is 6.13. The zero-order valence-corrected chi connectivity index (χ0v) is 20.0. The number of aryl methyl sites for hydroxylation is 1. The van der Waals surface area contributed by atoms with Gasteiger partial charge < -0.3 is 9.30 Å². The van der Waals surface area contributed by atoms with Crippen LogP contribution in [-0.2, 0) is 40.7 Å². The second kappa shape index (κ2) is 9.95. The molecule has 2 aromatic carbocycles. The summed E-state index contributed by atoms with van der Waals surface area (Å²) in [6.45, 7) is 1.97. The molecule has 1 amide bonds. The van der Waals surface area contributed by atoms with Gasteiger partial charge in [0.2, 0.25) is 10.0 Å². The predicted octanol–water partition coefficient (Wildman–Crippen LogP) is 1.20. The first kappa shape index (κ1) is 24.8. The second-order valence-corrected chi connectivity index (χ2v) is 11.4. The number of nitrogens with zero attached hydrogens (tertiary/aromatic N) is 2. The van der Waals surface area contributed by atoms with Crippen molar-refractivity contribution in [3.05, 3.63) is 53.3 Å². The number of nitrogens with two attached hydrogens (primary N) is 1. The highest BCUT2D eigenvalue weighted by Gasteiger charge is 2.20. The van der Waals surface area contributed by atoms with Crippen LogP contribution in [0.25, 0.3) is 10.2 Å². The molecule has 0 atom stereocenters.